The number of benzene rings is 2. The molecule has 2 aromatic carbocycles. The zero-order chi connectivity index (χ0) is 22.1. The zero-order valence-electron chi connectivity index (χ0n) is 16.8. The van der Waals surface area contributed by atoms with Crippen molar-refractivity contribution < 1.29 is 19.0 Å². The molecule has 1 aliphatic rings. The van der Waals surface area contributed by atoms with Crippen molar-refractivity contribution in [1.29, 1.82) is 0 Å². The SMILES string of the molecule is CCOC(=O)C1=C(C)N=c2s/c(=C/c3ccc(O)cc3)c(=O)n2C1c1ccc(F)cc1. The topological polar surface area (TPSA) is 80.9 Å². The molecule has 8 heteroatoms. The molecule has 1 unspecified atom stereocenters. The fraction of sp³-hybridized carbons (Fsp3) is 0.174. The van der Waals surface area contributed by atoms with E-state index in [0.29, 0.717) is 20.6 Å². The first kappa shape index (κ1) is 20.7. The van der Waals surface area contributed by atoms with Crippen LogP contribution in [-0.2, 0) is 9.53 Å². The highest BCUT2D eigenvalue weighted by atomic mass is 32.1. The molecule has 0 spiro atoms. The number of allylic oxidation sites excluding steroid dienone is 1. The van der Waals surface area contributed by atoms with Crippen LogP contribution >= 0.6 is 11.3 Å². The third-order valence-corrected chi connectivity index (χ3v) is 5.88. The first-order valence-electron chi connectivity index (χ1n) is 9.63. The number of halogens is 1. The Morgan fingerprint density at radius 2 is 1.90 bits per heavy atom. The molecule has 1 atom stereocenters. The fourth-order valence-electron chi connectivity index (χ4n) is 3.47. The minimum atomic E-state index is -0.780. The van der Waals surface area contributed by atoms with Crippen molar-refractivity contribution >= 4 is 23.4 Å². The number of hydrogen-bond donors (Lipinski definition) is 1. The lowest BCUT2D eigenvalue weighted by Crippen LogP contribution is -2.39. The van der Waals surface area contributed by atoms with Crippen LogP contribution < -0.4 is 14.9 Å². The quantitative estimate of drug-likeness (QED) is 0.635. The molecule has 2 heterocycles. The maximum Gasteiger partial charge on any atom is 0.338 e. The summed E-state index contributed by atoms with van der Waals surface area (Å²) in [6.07, 6.45) is 1.70. The number of rotatable bonds is 4. The summed E-state index contributed by atoms with van der Waals surface area (Å²) in [5.74, 6) is -0.850. The Bertz CT molecular complexity index is 1350. The Morgan fingerprint density at radius 3 is 2.55 bits per heavy atom. The number of thiazole rings is 1. The number of nitrogens with zero attached hydrogens (tertiary/aromatic N) is 2. The van der Waals surface area contributed by atoms with Crippen molar-refractivity contribution in [3.8, 4) is 5.75 Å². The standard InChI is InChI=1S/C23H19FN2O4S/c1-3-30-22(29)19-13(2)25-23-26(20(19)15-6-8-16(24)9-7-15)21(28)18(31-23)12-14-4-10-17(27)11-5-14/h4-12,20,27H,3H2,1-2H3/b18-12+. The third-order valence-electron chi connectivity index (χ3n) is 4.89. The molecule has 0 radical (unpaired) electrons. The highest BCUT2D eigenvalue weighted by molar-refractivity contribution is 7.07. The van der Waals surface area contributed by atoms with Gasteiger partial charge in [0.15, 0.2) is 4.80 Å². The summed E-state index contributed by atoms with van der Waals surface area (Å²) in [7, 11) is 0. The van der Waals surface area contributed by atoms with Gasteiger partial charge in [-0.2, -0.15) is 0 Å². The van der Waals surface area contributed by atoms with Crippen molar-refractivity contribution in [3.05, 3.63) is 96.4 Å². The largest absolute Gasteiger partial charge is 0.508 e. The van der Waals surface area contributed by atoms with Crippen LogP contribution in [0.4, 0.5) is 4.39 Å². The molecule has 1 aromatic heterocycles. The second-order valence-corrected chi connectivity index (χ2v) is 7.95. The molecule has 31 heavy (non-hydrogen) atoms. The molecular weight excluding hydrogens is 419 g/mol. The van der Waals surface area contributed by atoms with E-state index in [1.54, 1.807) is 44.2 Å². The molecule has 0 saturated heterocycles. The lowest BCUT2D eigenvalue weighted by Gasteiger charge is -2.24. The second kappa shape index (κ2) is 8.31. The number of phenols is 1. The first-order valence-corrected chi connectivity index (χ1v) is 10.4. The number of fused-ring (bicyclic) bond motifs is 1. The highest BCUT2D eigenvalue weighted by Gasteiger charge is 2.33. The minimum Gasteiger partial charge on any atom is -0.508 e. The Balaban J connectivity index is 1.94. The summed E-state index contributed by atoms with van der Waals surface area (Å²) in [5.41, 5.74) is 1.70. The van der Waals surface area contributed by atoms with Crippen LogP contribution in [0.1, 0.15) is 31.0 Å². The molecular formula is C23H19FN2O4S. The van der Waals surface area contributed by atoms with E-state index in [4.69, 9.17) is 4.74 Å². The minimum absolute atomic E-state index is 0.129. The van der Waals surface area contributed by atoms with Gasteiger partial charge in [-0.15, -0.1) is 0 Å². The molecule has 0 amide bonds. The van der Waals surface area contributed by atoms with Gasteiger partial charge < -0.3 is 9.84 Å². The van der Waals surface area contributed by atoms with Crippen molar-refractivity contribution in [2.24, 2.45) is 4.99 Å². The monoisotopic (exact) mass is 438 g/mol. The second-order valence-electron chi connectivity index (χ2n) is 6.95. The van der Waals surface area contributed by atoms with Gasteiger partial charge in [0.2, 0.25) is 0 Å². The van der Waals surface area contributed by atoms with E-state index < -0.39 is 17.8 Å². The van der Waals surface area contributed by atoms with E-state index >= 15 is 0 Å². The summed E-state index contributed by atoms with van der Waals surface area (Å²) < 4.78 is 20.6. The molecule has 0 saturated carbocycles. The van der Waals surface area contributed by atoms with E-state index in [0.717, 1.165) is 5.56 Å². The predicted molar refractivity (Wildman–Crippen MR) is 115 cm³/mol. The van der Waals surface area contributed by atoms with E-state index in [1.165, 1.54) is 40.2 Å². The Hall–Kier alpha value is -3.52. The summed E-state index contributed by atoms with van der Waals surface area (Å²) in [4.78, 5) is 31.0. The molecule has 1 aliphatic heterocycles. The Morgan fingerprint density at radius 1 is 1.23 bits per heavy atom. The van der Waals surface area contributed by atoms with Gasteiger partial charge in [-0.1, -0.05) is 35.6 Å². The lowest BCUT2D eigenvalue weighted by molar-refractivity contribution is -0.139. The normalized spacial score (nSPS) is 16.1. The van der Waals surface area contributed by atoms with Crippen LogP contribution in [0.2, 0.25) is 0 Å². The number of phenolic OH excluding ortho intramolecular Hbond substituents is 1. The Kier molecular flexibility index (Phi) is 5.56. The maximum absolute atomic E-state index is 13.5. The van der Waals surface area contributed by atoms with Crippen molar-refractivity contribution in [3.63, 3.8) is 0 Å². The molecule has 4 rings (SSSR count). The zero-order valence-corrected chi connectivity index (χ0v) is 17.6. The van der Waals surface area contributed by atoms with Gasteiger partial charge in [-0.3, -0.25) is 9.36 Å². The van der Waals surface area contributed by atoms with Crippen LogP contribution in [0, 0.1) is 5.82 Å². The summed E-state index contributed by atoms with van der Waals surface area (Å²) >= 11 is 1.20. The van der Waals surface area contributed by atoms with Crippen molar-refractivity contribution in [2.45, 2.75) is 19.9 Å². The van der Waals surface area contributed by atoms with Gasteiger partial charge in [-0.05, 0) is 55.3 Å². The summed E-state index contributed by atoms with van der Waals surface area (Å²) in [6.45, 7) is 3.57. The fourth-order valence-corrected chi connectivity index (χ4v) is 4.52. The number of aromatic hydroxyl groups is 1. The summed E-state index contributed by atoms with van der Waals surface area (Å²) in [6, 6.07) is 11.4. The van der Waals surface area contributed by atoms with Gasteiger partial charge in [0.25, 0.3) is 5.56 Å². The smallest absolute Gasteiger partial charge is 0.338 e. The highest BCUT2D eigenvalue weighted by Crippen LogP contribution is 2.30. The summed E-state index contributed by atoms with van der Waals surface area (Å²) in [5, 5.41) is 9.48. The van der Waals surface area contributed by atoms with Crippen LogP contribution in [0.5, 0.6) is 5.75 Å². The van der Waals surface area contributed by atoms with Crippen LogP contribution in [0.15, 0.2) is 69.6 Å². The number of hydrogen-bond acceptors (Lipinski definition) is 6. The first-order chi connectivity index (χ1) is 14.9. The van der Waals surface area contributed by atoms with Crippen molar-refractivity contribution in [2.75, 3.05) is 6.61 Å². The Labute approximate surface area is 180 Å². The number of ether oxygens (including phenoxy) is 1. The van der Waals surface area contributed by atoms with Gasteiger partial charge in [0.05, 0.1) is 28.5 Å². The van der Waals surface area contributed by atoms with Gasteiger partial charge in [-0.25, -0.2) is 14.2 Å². The lowest BCUT2D eigenvalue weighted by atomic mass is 9.96. The van der Waals surface area contributed by atoms with Crippen LogP contribution in [0.3, 0.4) is 0 Å². The van der Waals surface area contributed by atoms with Crippen molar-refractivity contribution in [1.82, 2.24) is 4.57 Å². The number of carbonyl (C=O) groups is 1. The molecule has 0 bridgehead atoms. The van der Waals surface area contributed by atoms with Gasteiger partial charge >= 0.3 is 5.97 Å². The number of carbonyl (C=O) groups excluding carboxylic acids is 1. The van der Waals surface area contributed by atoms with Crippen LogP contribution in [0.25, 0.3) is 6.08 Å². The van der Waals surface area contributed by atoms with E-state index in [-0.39, 0.29) is 23.5 Å². The van der Waals surface area contributed by atoms with E-state index in [1.807, 2.05) is 0 Å². The molecule has 3 aromatic rings. The predicted octanol–water partition coefficient (Wildman–Crippen LogP) is 2.64. The maximum atomic E-state index is 13.5. The third kappa shape index (κ3) is 3.94. The van der Waals surface area contributed by atoms with E-state index in [2.05, 4.69) is 4.99 Å². The average molecular weight is 438 g/mol. The van der Waals surface area contributed by atoms with Gasteiger partial charge in [0.1, 0.15) is 11.6 Å². The van der Waals surface area contributed by atoms with E-state index in [9.17, 15) is 19.1 Å². The number of esters is 1. The molecule has 1 N–H and O–H groups in total. The molecule has 6 nitrogen and oxygen atoms in total. The molecule has 0 aliphatic carbocycles. The van der Waals surface area contributed by atoms with Crippen LogP contribution in [-0.4, -0.2) is 22.2 Å². The average Bonchev–Trinajstić information content (AvgIpc) is 3.04. The number of aromatic nitrogens is 1. The van der Waals surface area contributed by atoms with Gasteiger partial charge in [0, 0.05) is 0 Å². The molecule has 0 fully saturated rings. The molecule has 158 valence electrons.